The average Bonchev–Trinajstić information content (AvgIpc) is 1.80. The van der Waals surface area contributed by atoms with E-state index in [9.17, 15) is 13.2 Å². The third-order valence-corrected chi connectivity index (χ3v) is 0.766. The van der Waals surface area contributed by atoms with Crippen LogP contribution in [0.2, 0.25) is 0 Å². The van der Waals surface area contributed by atoms with E-state index in [0.717, 1.165) is 12.2 Å². The minimum atomic E-state index is -4.34. The molecule has 64 valence electrons. The molecule has 0 rings (SSSR count). The Morgan fingerprint density at radius 2 is 1.75 bits per heavy atom. The van der Waals surface area contributed by atoms with E-state index in [4.69, 9.17) is 0 Å². The van der Waals surface area contributed by atoms with Crippen molar-refractivity contribution in [3.8, 4) is 0 Å². The first-order valence-electron chi connectivity index (χ1n) is 2.43. The Labute approximate surface area is 96.1 Å². The maximum Gasteiger partial charge on any atom is 2.00 e. The largest absolute Gasteiger partial charge is 2.00 e. The molecule has 0 saturated heterocycles. The van der Waals surface area contributed by atoms with Crippen molar-refractivity contribution in [2.24, 2.45) is 0 Å². The summed E-state index contributed by atoms with van der Waals surface area (Å²) in [7, 11) is 0. The van der Waals surface area contributed by atoms with Gasteiger partial charge in [-0.05, 0) is 5.57 Å². The van der Waals surface area contributed by atoms with Gasteiger partial charge in [0.15, 0.2) is 0 Å². The van der Waals surface area contributed by atoms with Crippen molar-refractivity contribution in [1.82, 2.24) is 0 Å². The molecule has 0 spiro atoms. The quantitative estimate of drug-likeness (QED) is 0.345. The van der Waals surface area contributed by atoms with Crippen molar-refractivity contribution < 1.29 is 30.2 Å². The topological polar surface area (TPSA) is 0 Å². The minimum absolute atomic E-state index is 0. The Bertz CT molecular complexity index is 172. The molecule has 0 bridgehead atoms. The SMILES string of the molecule is C=[C-]/C=C\C(=C)C(F)(F)F.[Br-].[Mg+2]. The number of allylic oxidation sites excluding steroid dienone is 4. The molecule has 0 nitrogen and oxygen atoms in total. The van der Waals surface area contributed by atoms with Crippen molar-refractivity contribution in [2.45, 2.75) is 6.18 Å². The summed E-state index contributed by atoms with van der Waals surface area (Å²) in [5, 5.41) is 0. The molecule has 0 aliphatic heterocycles. The zero-order valence-electron chi connectivity index (χ0n) is 6.29. The second kappa shape index (κ2) is 7.88. The monoisotopic (exact) mass is 250 g/mol. The van der Waals surface area contributed by atoms with E-state index < -0.39 is 11.7 Å². The van der Waals surface area contributed by atoms with Gasteiger partial charge in [-0.25, -0.2) is 6.08 Å². The van der Waals surface area contributed by atoms with Crippen molar-refractivity contribution in [1.29, 1.82) is 0 Å². The van der Waals surface area contributed by atoms with Crippen LogP contribution in [-0.4, -0.2) is 29.2 Å². The van der Waals surface area contributed by atoms with Gasteiger partial charge >= 0.3 is 29.2 Å². The first-order valence-corrected chi connectivity index (χ1v) is 2.43. The Kier molecular flexibility index (Phi) is 11.9. The summed E-state index contributed by atoms with van der Waals surface area (Å²) >= 11 is 0. The predicted molar refractivity (Wildman–Crippen MR) is 39.0 cm³/mol. The van der Waals surface area contributed by atoms with E-state index in [1.54, 1.807) is 0 Å². The van der Waals surface area contributed by atoms with Gasteiger partial charge in [-0.1, -0.05) is 0 Å². The summed E-state index contributed by atoms with van der Waals surface area (Å²) < 4.78 is 34.7. The molecule has 12 heavy (non-hydrogen) atoms. The molecule has 0 aliphatic carbocycles. The molecule has 0 fully saturated rings. The average molecular weight is 251 g/mol. The van der Waals surface area contributed by atoms with Crippen LogP contribution in [0, 0.1) is 6.08 Å². The molecule has 0 radical (unpaired) electrons. The summed E-state index contributed by atoms with van der Waals surface area (Å²) in [4.78, 5) is 0. The van der Waals surface area contributed by atoms with Crippen LogP contribution in [0.3, 0.4) is 0 Å². The van der Waals surface area contributed by atoms with Gasteiger partial charge in [0.2, 0.25) is 0 Å². The summed E-state index contributed by atoms with van der Waals surface area (Å²) in [5.74, 6) is 0. The van der Waals surface area contributed by atoms with E-state index in [2.05, 4.69) is 19.2 Å². The second-order valence-electron chi connectivity index (χ2n) is 1.56. The molecule has 0 N–H and O–H groups in total. The first kappa shape index (κ1) is 18.1. The van der Waals surface area contributed by atoms with Crippen LogP contribution in [0.15, 0.2) is 30.9 Å². The van der Waals surface area contributed by atoms with Crippen molar-refractivity contribution in [3.05, 3.63) is 37.0 Å². The summed E-state index contributed by atoms with van der Waals surface area (Å²) in [6.07, 6.45) is -0.283. The number of rotatable bonds is 2. The van der Waals surface area contributed by atoms with Gasteiger partial charge in [-0.3, -0.25) is 6.08 Å². The van der Waals surface area contributed by atoms with E-state index in [1.165, 1.54) is 0 Å². The fourth-order valence-electron chi connectivity index (χ4n) is 0.254. The number of halogens is 4. The maximum absolute atomic E-state index is 11.6. The fourth-order valence-corrected chi connectivity index (χ4v) is 0.254. The minimum Gasteiger partial charge on any atom is -1.00 e. The van der Waals surface area contributed by atoms with Crippen LogP contribution in [0.25, 0.3) is 0 Å². The molecule has 5 heteroatoms. The molecule has 0 heterocycles. The zero-order chi connectivity index (χ0) is 8.20. The first-order chi connectivity index (χ1) is 4.48. The van der Waals surface area contributed by atoms with Crippen molar-refractivity contribution in [2.75, 3.05) is 0 Å². The standard InChI is InChI=1S/C7H6F3.BrH.Mg/c1-3-4-5-6(2)7(8,9)10;;/h4-5H,1-2H2;1H;/q-1;;+2/p-1/b5-4-;;. The van der Waals surface area contributed by atoms with Gasteiger partial charge in [0.25, 0.3) is 0 Å². The Balaban J connectivity index is -0.000000405. The van der Waals surface area contributed by atoms with Crippen LogP contribution < -0.4 is 17.0 Å². The molecule has 0 unspecified atom stereocenters. The van der Waals surface area contributed by atoms with Crippen molar-refractivity contribution >= 4 is 23.1 Å². The number of alkyl halides is 3. The van der Waals surface area contributed by atoms with Gasteiger partial charge in [-0.2, -0.15) is 25.8 Å². The van der Waals surface area contributed by atoms with Crippen LogP contribution in [0.4, 0.5) is 13.2 Å². The summed E-state index contributed by atoms with van der Waals surface area (Å²) in [6.45, 7) is 5.88. The van der Waals surface area contributed by atoms with E-state index in [-0.39, 0.29) is 40.0 Å². The van der Waals surface area contributed by atoms with Crippen LogP contribution in [0.5, 0.6) is 0 Å². The van der Waals surface area contributed by atoms with Crippen LogP contribution in [-0.2, 0) is 0 Å². The molecular weight excluding hydrogens is 245 g/mol. The Morgan fingerprint density at radius 1 is 1.33 bits per heavy atom. The molecule has 0 atom stereocenters. The summed E-state index contributed by atoms with van der Waals surface area (Å²) in [6, 6.07) is 0. The van der Waals surface area contributed by atoms with E-state index in [1.807, 2.05) is 0 Å². The molecule has 0 aromatic rings. The van der Waals surface area contributed by atoms with Gasteiger partial charge in [0, 0.05) is 0 Å². The molecule has 0 amide bonds. The van der Waals surface area contributed by atoms with Gasteiger partial charge in [-0.15, -0.1) is 6.58 Å². The normalized spacial score (nSPS) is 9.92. The fraction of sp³-hybridized carbons (Fsp3) is 0.143. The van der Waals surface area contributed by atoms with E-state index in [0.29, 0.717) is 0 Å². The maximum atomic E-state index is 11.6. The molecule has 0 aliphatic rings. The van der Waals surface area contributed by atoms with Crippen LogP contribution >= 0.6 is 0 Å². The molecule has 0 aromatic heterocycles. The molecular formula is C7H6BrF3Mg. The Morgan fingerprint density at radius 3 is 2.00 bits per heavy atom. The van der Waals surface area contributed by atoms with Gasteiger partial charge in [0.1, 0.15) is 0 Å². The number of hydrogen-bond acceptors (Lipinski definition) is 0. The molecule has 0 saturated carbocycles. The van der Waals surface area contributed by atoms with Gasteiger partial charge < -0.3 is 17.0 Å². The zero-order valence-corrected chi connectivity index (χ0v) is 9.29. The third-order valence-electron chi connectivity index (χ3n) is 0.766. The van der Waals surface area contributed by atoms with Gasteiger partial charge in [0.05, 0.1) is 0 Å². The van der Waals surface area contributed by atoms with Crippen LogP contribution in [0.1, 0.15) is 0 Å². The smallest absolute Gasteiger partial charge is 1.00 e. The van der Waals surface area contributed by atoms with E-state index >= 15 is 0 Å². The number of hydrogen-bond donors (Lipinski definition) is 0. The Hall–Kier alpha value is 0.256. The molecule has 0 aromatic carbocycles. The third kappa shape index (κ3) is 8.35. The summed E-state index contributed by atoms with van der Waals surface area (Å²) in [5.41, 5.74) is -0.899. The predicted octanol–water partition coefficient (Wildman–Crippen LogP) is -0.727. The second-order valence-corrected chi connectivity index (χ2v) is 1.56. The van der Waals surface area contributed by atoms with Crippen molar-refractivity contribution in [3.63, 3.8) is 0 Å².